The van der Waals surface area contributed by atoms with Crippen LogP contribution in [0.3, 0.4) is 0 Å². The Balaban J connectivity index is 1.36. The first kappa shape index (κ1) is 16.3. The van der Waals surface area contributed by atoms with Gasteiger partial charge in [-0.15, -0.1) is 0 Å². The van der Waals surface area contributed by atoms with Gasteiger partial charge in [-0.05, 0) is 25.0 Å². The molecule has 2 fully saturated rings. The van der Waals surface area contributed by atoms with E-state index in [1.807, 2.05) is 18.2 Å². The summed E-state index contributed by atoms with van der Waals surface area (Å²) in [4.78, 5) is 39.4. The second kappa shape index (κ2) is 6.59. The van der Waals surface area contributed by atoms with Crippen molar-refractivity contribution in [3.63, 3.8) is 0 Å². The molecule has 0 bridgehead atoms. The standard InChI is InChI=1S/C17H18N2O5S/c20-15-10-25-17(22)19(15)11-5-7-18(8-6-11)16(21)14-9-23-12-3-1-2-4-13(12)24-14/h1-4,11,14H,5-10H2/t14-/m0/s1. The Kier molecular flexibility index (Phi) is 4.29. The van der Waals surface area contributed by atoms with Gasteiger partial charge in [0.05, 0.1) is 5.75 Å². The van der Waals surface area contributed by atoms with E-state index >= 15 is 0 Å². The highest BCUT2D eigenvalue weighted by Crippen LogP contribution is 2.32. The number of hydrogen-bond donors (Lipinski definition) is 0. The first-order valence-corrected chi connectivity index (χ1v) is 9.28. The van der Waals surface area contributed by atoms with Crippen molar-refractivity contribution in [1.82, 2.24) is 9.80 Å². The molecule has 3 aliphatic rings. The van der Waals surface area contributed by atoms with Crippen LogP contribution in [-0.2, 0) is 9.59 Å². The van der Waals surface area contributed by atoms with E-state index in [-0.39, 0.29) is 35.5 Å². The number of thioether (sulfide) groups is 1. The summed E-state index contributed by atoms with van der Waals surface area (Å²) in [7, 11) is 0. The van der Waals surface area contributed by atoms with E-state index in [0.29, 0.717) is 37.4 Å². The van der Waals surface area contributed by atoms with E-state index < -0.39 is 6.10 Å². The smallest absolute Gasteiger partial charge is 0.289 e. The van der Waals surface area contributed by atoms with Crippen LogP contribution in [0.15, 0.2) is 24.3 Å². The predicted molar refractivity (Wildman–Crippen MR) is 90.7 cm³/mol. The number of para-hydroxylation sites is 2. The summed E-state index contributed by atoms with van der Waals surface area (Å²) in [5.74, 6) is 1.22. The normalized spacial score (nSPS) is 23.9. The van der Waals surface area contributed by atoms with Crippen molar-refractivity contribution < 1.29 is 23.9 Å². The molecule has 0 aromatic heterocycles. The molecule has 4 rings (SSSR count). The third kappa shape index (κ3) is 3.06. The summed E-state index contributed by atoms with van der Waals surface area (Å²) in [5, 5.41) is -0.171. The molecule has 0 spiro atoms. The highest BCUT2D eigenvalue weighted by Gasteiger charge is 2.39. The quantitative estimate of drug-likeness (QED) is 0.794. The second-order valence-corrected chi connectivity index (χ2v) is 7.17. The van der Waals surface area contributed by atoms with Gasteiger partial charge in [-0.3, -0.25) is 19.3 Å². The number of nitrogens with zero attached hydrogens (tertiary/aromatic N) is 2. The van der Waals surface area contributed by atoms with Crippen molar-refractivity contribution in [3.05, 3.63) is 24.3 Å². The Labute approximate surface area is 149 Å². The van der Waals surface area contributed by atoms with Crippen molar-refractivity contribution in [2.24, 2.45) is 0 Å². The number of imide groups is 1. The number of carbonyl (C=O) groups is 3. The van der Waals surface area contributed by atoms with Gasteiger partial charge in [0, 0.05) is 19.1 Å². The molecule has 25 heavy (non-hydrogen) atoms. The van der Waals surface area contributed by atoms with Crippen LogP contribution in [0.4, 0.5) is 4.79 Å². The van der Waals surface area contributed by atoms with Gasteiger partial charge in [0.15, 0.2) is 11.5 Å². The molecule has 0 saturated carbocycles. The van der Waals surface area contributed by atoms with E-state index in [0.717, 1.165) is 11.8 Å². The fraction of sp³-hybridized carbons (Fsp3) is 0.471. The minimum atomic E-state index is -0.656. The number of hydrogen-bond acceptors (Lipinski definition) is 6. The van der Waals surface area contributed by atoms with Crippen LogP contribution in [0.5, 0.6) is 11.5 Å². The molecule has 1 aromatic carbocycles. The third-order valence-electron chi connectivity index (χ3n) is 4.71. The number of carbonyl (C=O) groups excluding carboxylic acids is 3. The molecule has 7 nitrogen and oxygen atoms in total. The summed E-state index contributed by atoms with van der Waals surface area (Å²) in [6.45, 7) is 1.20. The molecule has 1 atom stereocenters. The van der Waals surface area contributed by atoms with Gasteiger partial charge in [0.25, 0.3) is 11.1 Å². The number of ether oxygens (including phenoxy) is 2. The van der Waals surface area contributed by atoms with Crippen LogP contribution >= 0.6 is 11.8 Å². The number of amides is 3. The molecule has 3 aliphatic heterocycles. The topological polar surface area (TPSA) is 76.2 Å². The van der Waals surface area contributed by atoms with Gasteiger partial charge >= 0.3 is 0 Å². The van der Waals surface area contributed by atoms with Crippen molar-refractivity contribution in [3.8, 4) is 11.5 Å². The maximum Gasteiger partial charge on any atom is 0.289 e. The Morgan fingerprint density at radius 3 is 2.52 bits per heavy atom. The predicted octanol–water partition coefficient (Wildman–Crippen LogP) is 1.51. The van der Waals surface area contributed by atoms with Gasteiger partial charge in [0.1, 0.15) is 6.61 Å². The number of benzene rings is 1. The van der Waals surface area contributed by atoms with E-state index in [1.54, 1.807) is 11.0 Å². The molecule has 132 valence electrons. The van der Waals surface area contributed by atoms with E-state index in [4.69, 9.17) is 9.47 Å². The average Bonchev–Trinajstić information content (AvgIpc) is 2.99. The zero-order chi connectivity index (χ0) is 17.4. The number of fused-ring (bicyclic) bond motifs is 1. The molecule has 8 heteroatoms. The summed E-state index contributed by atoms with van der Waals surface area (Å²) < 4.78 is 11.4. The largest absolute Gasteiger partial charge is 0.485 e. The first-order valence-electron chi connectivity index (χ1n) is 8.29. The molecule has 0 N–H and O–H groups in total. The summed E-state index contributed by atoms with van der Waals surface area (Å²) >= 11 is 1.05. The first-order chi connectivity index (χ1) is 12.1. The van der Waals surface area contributed by atoms with Crippen LogP contribution in [0.1, 0.15) is 12.8 Å². The SMILES string of the molecule is O=C([C@@H]1COc2ccccc2O1)N1CCC(N2C(=O)CSC2=O)CC1. The van der Waals surface area contributed by atoms with Crippen LogP contribution < -0.4 is 9.47 Å². The maximum absolute atomic E-state index is 12.7. The van der Waals surface area contributed by atoms with Crippen molar-refractivity contribution in [1.29, 1.82) is 0 Å². The molecule has 3 amide bonds. The molecule has 3 heterocycles. The zero-order valence-electron chi connectivity index (χ0n) is 13.6. The van der Waals surface area contributed by atoms with Gasteiger partial charge in [-0.1, -0.05) is 23.9 Å². The van der Waals surface area contributed by atoms with Crippen molar-refractivity contribution >= 4 is 28.8 Å². The van der Waals surface area contributed by atoms with Gasteiger partial charge < -0.3 is 14.4 Å². The van der Waals surface area contributed by atoms with Crippen LogP contribution in [-0.4, -0.2) is 64.4 Å². The van der Waals surface area contributed by atoms with E-state index in [1.165, 1.54) is 4.90 Å². The Morgan fingerprint density at radius 1 is 1.12 bits per heavy atom. The van der Waals surface area contributed by atoms with Crippen molar-refractivity contribution in [2.45, 2.75) is 25.0 Å². The summed E-state index contributed by atoms with van der Waals surface area (Å²) in [5.41, 5.74) is 0. The lowest BCUT2D eigenvalue weighted by Crippen LogP contribution is -2.52. The van der Waals surface area contributed by atoms with Gasteiger partial charge in [0.2, 0.25) is 12.0 Å². The Morgan fingerprint density at radius 2 is 1.84 bits per heavy atom. The van der Waals surface area contributed by atoms with Crippen LogP contribution in [0, 0.1) is 0 Å². The lowest BCUT2D eigenvalue weighted by atomic mass is 10.0. The monoisotopic (exact) mass is 362 g/mol. The van der Waals surface area contributed by atoms with Gasteiger partial charge in [-0.25, -0.2) is 0 Å². The lowest BCUT2D eigenvalue weighted by molar-refractivity contribution is -0.142. The third-order valence-corrected chi connectivity index (χ3v) is 5.54. The molecule has 2 saturated heterocycles. The summed E-state index contributed by atoms with van der Waals surface area (Å²) in [6.07, 6.45) is 0.555. The van der Waals surface area contributed by atoms with E-state index in [2.05, 4.69) is 0 Å². The average molecular weight is 362 g/mol. The molecule has 1 aromatic rings. The van der Waals surface area contributed by atoms with E-state index in [9.17, 15) is 14.4 Å². The number of rotatable bonds is 2. The fourth-order valence-corrected chi connectivity index (χ4v) is 4.18. The highest BCUT2D eigenvalue weighted by atomic mass is 32.2. The van der Waals surface area contributed by atoms with Crippen molar-refractivity contribution in [2.75, 3.05) is 25.4 Å². The molecular formula is C17H18N2O5S. The number of likely N-dealkylation sites (tertiary alicyclic amines) is 1. The molecule has 0 unspecified atom stereocenters. The Hall–Kier alpha value is -2.22. The lowest BCUT2D eigenvalue weighted by Gasteiger charge is -2.37. The fourth-order valence-electron chi connectivity index (χ4n) is 3.41. The van der Waals surface area contributed by atoms with Gasteiger partial charge in [-0.2, -0.15) is 0 Å². The van der Waals surface area contributed by atoms with Crippen LogP contribution in [0.25, 0.3) is 0 Å². The summed E-state index contributed by atoms with van der Waals surface area (Å²) in [6, 6.07) is 7.17. The zero-order valence-corrected chi connectivity index (χ0v) is 14.4. The molecular weight excluding hydrogens is 344 g/mol. The minimum absolute atomic E-state index is 0.108. The van der Waals surface area contributed by atoms with Crippen LogP contribution in [0.2, 0.25) is 0 Å². The molecule has 0 aliphatic carbocycles. The minimum Gasteiger partial charge on any atom is -0.485 e. The second-order valence-electron chi connectivity index (χ2n) is 6.24. The maximum atomic E-state index is 12.7. The Bertz CT molecular complexity index is 701. The number of piperidine rings is 1. The highest BCUT2D eigenvalue weighted by molar-refractivity contribution is 8.14. The molecule has 0 radical (unpaired) electrons.